The van der Waals surface area contributed by atoms with Gasteiger partial charge in [0.15, 0.2) is 0 Å². The van der Waals surface area contributed by atoms with E-state index in [0.717, 1.165) is 45.1 Å². The summed E-state index contributed by atoms with van der Waals surface area (Å²) < 4.78 is 15.0. The van der Waals surface area contributed by atoms with Gasteiger partial charge in [-0.05, 0) is 43.6 Å². The maximum Gasteiger partial charge on any atom is 0.124 e. The summed E-state index contributed by atoms with van der Waals surface area (Å²) in [5, 5.41) is 11.5. The summed E-state index contributed by atoms with van der Waals surface area (Å²) >= 11 is 0. The summed E-state index contributed by atoms with van der Waals surface area (Å²) in [6.45, 7) is 6.16. The standard InChI is InChI=1S/C19H26FN5/c20-17-3-1-15(2-4-17)13-24-9-6-18(7-10-24)21-11-16-12-22-19-5-8-23-25(19)14-16/h1-5,8,16,18,21-22H,6-7,9-14H2/t16-/m0/s1. The van der Waals surface area contributed by atoms with Crippen molar-refractivity contribution < 1.29 is 4.39 Å². The van der Waals surface area contributed by atoms with Crippen molar-refractivity contribution in [2.75, 3.05) is 31.5 Å². The van der Waals surface area contributed by atoms with Crippen molar-refractivity contribution in [1.29, 1.82) is 0 Å². The molecule has 1 fully saturated rings. The lowest BCUT2D eigenvalue weighted by Crippen LogP contribution is -2.45. The number of rotatable bonds is 5. The highest BCUT2D eigenvalue weighted by Gasteiger charge is 2.22. The molecular formula is C19H26FN5. The molecule has 2 N–H and O–H groups in total. The molecule has 1 aromatic heterocycles. The van der Waals surface area contributed by atoms with Crippen molar-refractivity contribution in [3.63, 3.8) is 0 Å². The predicted octanol–water partition coefficient (Wildman–Crippen LogP) is 2.32. The number of aromatic nitrogens is 2. The van der Waals surface area contributed by atoms with Gasteiger partial charge in [0.1, 0.15) is 11.6 Å². The molecule has 0 radical (unpaired) electrons. The number of nitrogens with zero attached hydrogens (tertiary/aromatic N) is 3. The molecule has 0 saturated carbocycles. The molecule has 0 aliphatic carbocycles. The molecule has 25 heavy (non-hydrogen) atoms. The van der Waals surface area contributed by atoms with E-state index in [9.17, 15) is 4.39 Å². The number of hydrogen-bond donors (Lipinski definition) is 2. The Hall–Kier alpha value is -1.92. The molecular weight excluding hydrogens is 317 g/mol. The quantitative estimate of drug-likeness (QED) is 0.875. The molecule has 2 aromatic rings. The second kappa shape index (κ2) is 7.54. The van der Waals surface area contributed by atoms with Gasteiger partial charge in [0.2, 0.25) is 0 Å². The summed E-state index contributed by atoms with van der Waals surface area (Å²) in [7, 11) is 0. The zero-order valence-electron chi connectivity index (χ0n) is 14.5. The molecule has 5 nitrogen and oxygen atoms in total. The van der Waals surface area contributed by atoms with Gasteiger partial charge in [-0.15, -0.1) is 0 Å². The normalized spacial score (nSPS) is 21.7. The molecule has 2 aliphatic heterocycles. The Bertz CT molecular complexity index is 675. The van der Waals surface area contributed by atoms with Crippen LogP contribution >= 0.6 is 0 Å². The van der Waals surface area contributed by atoms with Crippen LogP contribution in [0, 0.1) is 11.7 Å². The van der Waals surface area contributed by atoms with Crippen LogP contribution < -0.4 is 10.6 Å². The topological polar surface area (TPSA) is 45.1 Å². The summed E-state index contributed by atoms with van der Waals surface area (Å²) in [4.78, 5) is 2.46. The van der Waals surface area contributed by atoms with Crippen molar-refractivity contribution in [3.8, 4) is 0 Å². The third kappa shape index (κ3) is 4.19. The van der Waals surface area contributed by atoms with Gasteiger partial charge in [0.05, 0.1) is 6.20 Å². The third-order valence-electron chi connectivity index (χ3n) is 5.32. The maximum absolute atomic E-state index is 13.0. The van der Waals surface area contributed by atoms with E-state index in [-0.39, 0.29) is 5.82 Å². The highest BCUT2D eigenvalue weighted by molar-refractivity contribution is 5.35. The Balaban J connectivity index is 1.18. The number of hydrogen-bond acceptors (Lipinski definition) is 4. The summed E-state index contributed by atoms with van der Waals surface area (Å²) in [5.41, 5.74) is 1.19. The van der Waals surface area contributed by atoms with Crippen LogP contribution in [0.25, 0.3) is 0 Å². The van der Waals surface area contributed by atoms with E-state index in [1.165, 1.54) is 18.4 Å². The van der Waals surface area contributed by atoms with Crippen LogP contribution in [-0.4, -0.2) is 46.9 Å². The van der Waals surface area contributed by atoms with Gasteiger partial charge < -0.3 is 10.6 Å². The van der Waals surface area contributed by atoms with Gasteiger partial charge in [-0.25, -0.2) is 9.07 Å². The lowest BCUT2D eigenvalue weighted by Gasteiger charge is -2.34. The van der Waals surface area contributed by atoms with Crippen LogP contribution in [0.4, 0.5) is 10.2 Å². The second-order valence-corrected chi connectivity index (χ2v) is 7.23. The van der Waals surface area contributed by atoms with Crippen LogP contribution in [0.2, 0.25) is 0 Å². The molecule has 2 aliphatic rings. The molecule has 1 atom stereocenters. The van der Waals surface area contributed by atoms with E-state index in [2.05, 4.69) is 25.3 Å². The first-order valence-electron chi connectivity index (χ1n) is 9.22. The number of nitrogens with one attached hydrogen (secondary N) is 2. The van der Waals surface area contributed by atoms with Crippen LogP contribution in [0.5, 0.6) is 0 Å². The van der Waals surface area contributed by atoms with Gasteiger partial charge in [0.25, 0.3) is 0 Å². The third-order valence-corrected chi connectivity index (χ3v) is 5.32. The van der Waals surface area contributed by atoms with Crippen LogP contribution in [-0.2, 0) is 13.1 Å². The van der Waals surface area contributed by atoms with E-state index >= 15 is 0 Å². The van der Waals surface area contributed by atoms with E-state index in [4.69, 9.17) is 0 Å². The molecule has 6 heteroatoms. The first-order chi connectivity index (χ1) is 12.3. The fraction of sp³-hybridized carbons (Fsp3) is 0.526. The lowest BCUT2D eigenvalue weighted by atomic mass is 10.0. The number of benzene rings is 1. The van der Waals surface area contributed by atoms with E-state index < -0.39 is 0 Å². The minimum absolute atomic E-state index is 0.161. The Morgan fingerprint density at radius 1 is 1.16 bits per heavy atom. The van der Waals surface area contributed by atoms with E-state index in [1.54, 1.807) is 12.1 Å². The highest BCUT2D eigenvalue weighted by Crippen LogP contribution is 2.18. The van der Waals surface area contributed by atoms with Gasteiger partial charge in [-0.2, -0.15) is 5.10 Å². The van der Waals surface area contributed by atoms with Gasteiger partial charge in [0, 0.05) is 44.2 Å². The van der Waals surface area contributed by atoms with Crippen LogP contribution in [0.1, 0.15) is 18.4 Å². The summed E-state index contributed by atoms with van der Waals surface area (Å²) in [5.74, 6) is 1.56. The van der Waals surface area contributed by atoms with Crippen LogP contribution in [0.3, 0.4) is 0 Å². The fourth-order valence-electron chi connectivity index (χ4n) is 3.80. The molecule has 1 saturated heterocycles. The molecule has 4 rings (SSSR count). The monoisotopic (exact) mass is 343 g/mol. The summed E-state index contributed by atoms with van der Waals surface area (Å²) in [6.07, 6.45) is 4.21. The summed E-state index contributed by atoms with van der Waals surface area (Å²) in [6, 6.07) is 9.50. The average molecular weight is 343 g/mol. The lowest BCUT2D eigenvalue weighted by molar-refractivity contribution is 0.186. The van der Waals surface area contributed by atoms with E-state index in [1.807, 2.05) is 24.4 Å². The van der Waals surface area contributed by atoms with Crippen molar-refractivity contribution >= 4 is 5.82 Å². The second-order valence-electron chi connectivity index (χ2n) is 7.23. The molecule has 0 amide bonds. The van der Waals surface area contributed by atoms with Gasteiger partial charge >= 0.3 is 0 Å². The first kappa shape index (κ1) is 16.5. The number of likely N-dealkylation sites (tertiary alicyclic amines) is 1. The predicted molar refractivity (Wildman–Crippen MR) is 96.9 cm³/mol. The Morgan fingerprint density at radius 2 is 1.96 bits per heavy atom. The molecule has 134 valence electrons. The Kier molecular flexibility index (Phi) is 4.99. The highest BCUT2D eigenvalue weighted by atomic mass is 19.1. The minimum atomic E-state index is -0.161. The fourth-order valence-corrected chi connectivity index (χ4v) is 3.80. The zero-order valence-corrected chi connectivity index (χ0v) is 14.5. The van der Waals surface area contributed by atoms with Gasteiger partial charge in [-0.3, -0.25) is 4.90 Å². The average Bonchev–Trinajstić information content (AvgIpc) is 3.11. The molecule has 0 spiro atoms. The van der Waals surface area contributed by atoms with E-state index in [0.29, 0.717) is 12.0 Å². The number of anilines is 1. The smallest absolute Gasteiger partial charge is 0.124 e. The molecule has 1 aromatic carbocycles. The maximum atomic E-state index is 13.0. The number of fused-ring (bicyclic) bond motifs is 1. The van der Waals surface area contributed by atoms with Gasteiger partial charge in [-0.1, -0.05) is 12.1 Å². The number of halogens is 1. The molecule has 3 heterocycles. The molecule has 0 unspecified atom stereocenters. The SMILES string of the molecule is Fc1ccc(CN2CCC(NC[C@H]3CNc4ccnn4C3)CC2)cc1. The first-order valence-corrected chi connectivity index (χ1v) is 9.22. The largest absolute Gasteiger partial charge is 0.370 e. The Labute approximate surface area is 148 Å². The Morgan fingerprint density at radius 3 is 2.76 bits per heavy atom. The minimum Gasteiger partial charge on any atom is -0.370 e. The van der Waals surface area contributed by atoms with Crippen molar-refractivity contribution in [1.82, 2.24) is 20.0 Å². The molecule has 0 bridgehead atoms. The van der Waals surface area contributed by atoms with Crippen molar-refractivity contribution in [3.05, 3.63) is 47.9 Å². The number of piperidine rings is 1. The van der Waals surface area contributed by atoms with Crippen molar-refractivity contribution in [2.45, 2.75) is 32.0 Å². The van der Waals surface area contributed by atoms with Crippen LogP contribution in [0.15, 0.2) is 36.5 Å². The van der Waals surface area contributed by atoms with Crippen molar-refractivity contribution in [2.24, 2.45) is 5.92 Å². The zero-order chi connectivity index (χ0) is 17.1.